The van der Waals surface area contributed by atoms with E-state index in [4.69, 9.17) is 5.26 Å². The zero-order valence-corrected chi connectivity index (χ0v) is 11.7. The van der Waals surface area contributed by atoms with E-state index >= 15 is 0 Å². The standard InChI is InChI=1S/C16H14N2OS/c17-12-14(11-15-7-4-10-20-15)16(19)18-9-8-13-5-2-1-3-6-13/h1-7,10-11H,8-9H2,(H,18,19). The van der Waals surface area contributed by atoms with E-state index in [-0.39, 0.29) is 11.5 Å². The van der Waals surface area contributed by atoms with Gasteiger partial charge in [0.1, 0.15) is 11.6 Å². The molecule has 0 aliphatic heterocycles. The fraction of sp³-hybridized carbons (Fsp3) is 0.125. The van der Waals surface area contributed by atoms with Crippen molar-refractivity contribution in [2.75, 3.05) is 6.54 Å². The molecule has 4 heteroatoms. The van der Waals surface area contributed by atoms with E-state index in [1.165, 1.54) is 11.3 Å². The number of rotatable bonds is 5. The molecule has 0 fully saturated rings. The predicted octanol–water partition coefficient (Wildman–Crippen LogP) is 3.01. The van der Waals surface area contributed by atoms with Crippen LogP contribution >= 0.6 is 11.3 Å². The van der Waals surface area contributed by atoms with Crippen LogP contribution in [0, 0.1) is 11.3 Å². The number of carbonyl (C=O) groups excluding carboxylic acids is 1. The van der Waals surface area contributed by atoms with Gasteiger partial charge in [0.25, 0.3) is 5.91 Å². The first-order valence-electron chi connectivity index (χ1n) is 6.27. The third-order valence-electron chi connectivity index (χ3n) is 2.74. The lowest BCUT2D eigenvalue weighted by molar-refractivity contribution is -0.117. The van der Waals surface area contributed by atoms with Crippen molar-refractivity contribution in [1.29, 1.82) is 5.26 Å². The van der Waals surface area contributed by atoms with Crippen LogP contribution in [0.4, 0.5) is 0 Å². The molecule has 0 aliphatic rings. The van der Waals surface area contributed by atoms with Crippen molar-refractivity contribution in [2.24, 2.45) is 0 Å². The van der Waals surface area contributed by atoms with Gasteiger partial charge in [0.2, 0.25) is 0 Å². The van der Waals surface area contributed by atoms with Gasteiger partial charge in [-0.15, -0.1) is 11.3 Å². The maximum atomic E-state index is 11.9. The Morgan fingerprint density at radius 2 is 2.05 bits per heavy atom. The molecular weight excluding hydrogens is 268 g/mol. The zero-order chi connectivity index (χ0) is 14.2. The average Bonchev–Trinajstić information content (AvgIpc) is 2.98. The maximum absolute atomic E-state index is 11.9. The van der Waals surface area contributed by atoms with E-state index in [1.54, 1.807) is 6.08 Å². The second kappa shape index (κ2) is 7.27. The first-order valence-corrected chi connectivity index (χ1v) is 7.15. The van der Waals surface area contributed by atoms with Crippen molar-refractivity contribution in [3.05, 3.63) is 63.9 Å². The van der Waals surface area contributed by atoms with E-state index in [0.717, 1.165) is 16.9 Å². The number of hydrogen-bond acceptors (Lipinski definition) is 3. The van der Waals surface area contributed by atoms with Crippen LogP contribution in [-0.2, 0) is 11.2 Å². The SMILES string of the molecule is N#CC(=Cc1cccs1)C(=O)NCCc1ccccc1. The normalized spacial score (nSPS) is 10.8. The molecule has 0 saturated heterocycles. The Morgan fingerprint density at radius 1 is 1.25 bits per heavy atom. The van der Waals surface area contributed by atoms with E-state index in [1.807, 2.05) is 53.9 Å². The minimum absolute atomic E-state index is 0.139. The van der Waals surface area contributed by atoms with Gasteiger partial charge in [-0.05, 0) is 29.5 Å². The quantitative estimate of drug-likeness (QED) is 0.677. The average molecular weight is 282 g/mol. The smallest absolute Gasteiger partial charge is 0.261 e. The maximum Gasteiger partial charge on any atom is 0.261 e. The van der Waals surface area contributed by atoms with Crippen LogP contribution in [0.3, 0.4) is 0 Å². The van der Waals surface area contributed by atoms with Crippen molar-refractivity contribution in [3.63, 3.8) is 0 Å². The molecule has 0 aliphatic carbocycles. The van der Waals surface area contributed by atoms with Crippen LogP contribution in [0.25, 0.3) is 6.08 Å². The van der Waals surface area contributed by atoms with Gasteiger partial charge in [0.05, 0.1) is 0 Å². The van der Waals surface area contributed by atoms with Gasteiger partial charge in [0, 0.05) is 11.4 Å². The third-order valence-corrected chi connectivity index (χ3v) is 3.56. The molecule has 1 amide bonds. The molecule has 0 bridgehead atoms. The molecule has 0 saturated carbocycles. The summed E-state index contributed by atoms with van der Waals surface area (Å²) >= 11 is 1.50. The van der Waals surface area contributed by atoms with Gasteiger partial charge in [-0.2, -0.15) is 5.26 Å². The molecule has 2 aromatic rings. The first-order chi connectivity index (χ1) is 9.79. The second-order valence-corrected chi connectivity index (χ2v) is 5.16. The highest BCUT2D eigenvalue weighted by Crippen LogP contribution is 2.13. The third kappa shape index (κ3) is 4.08. The van der Waals surface area contributed by atoms with Gasteiger partial charge in [0.15, 0.2) is 0 Å². The lowest BCUT2D eigenvalue weighted by Crippen LogP contribution is -2.26. The molecule has 1 aromatic carbocycles. The molecule has 0 radical (unpaired) electrons. The van der Waals surface area contributed by atoms with Crippen LogP contribution in [0.5, 0.6) is 0 Å². The molecule has 1 N–H and O–H groups in total. The van der Waals surface area contributed by atoms with Crippen molar-refractivity contribution >= 4 is 23.3 Å². The summed E-state index contributed by atoms with van der Waals surface area (Å²) in [5.41, 5.74) is 1.30. The van der Waals surface area contributed by atoms with Crippen LogP contribution in [0.2, 0.25) is 0 Å². The highest BCUT2D eigenvalue weighted by Gasteiger charge is 2.08. The lowest BCUT2D eigenvalue weighted by Gasteiger charge is -2.04. The number of nitriles is 1. The Kier molecular flexibility index (Phi) is 5.10. The summed E-state index contributed by atoms with van der Waals surface area (Å²) in [4.78, 5) is 12.8. The molecule has 0 spiro atoms. The Morgan fingerprint density at radius 3 is 2.70 bits per heavy atom. The van der Waals surface area contributed by atoms with Crippen molar-refractivity contribution in [1.82, 2.24) is 5.32 Å². The lowest BCUT2D eigenvalue weighted by atomic mass is 10.1. The molecule has 3 nitrogen and oxygen atoms in total. The summed E-state index contributed by atoms with van der Waals surface area (Å²) in [6, 6.07) is 15.6. The summed E-state index contributed by atoms with van der Waals surface area (Å²) in [6.07, 6.45) is 2.37. The van der Waals surface area contributed by atoms with Crippen LogP contribution < -0.4 is 5.32 Å². The number of nitrogens with zero attached hydrogens (tertiary/aromatic N) is 1. The Balaban J connectivity index is 1.89. The van der Waals surface area contributed by atoms with Crippen LogP contribution in [0.1, 0.15) is 10.4 Å². The summed E-state index contributed by atoms with van der Waals surface area (Å²) < 4.78 is 0. The number of carbonyl (C=O) groups is 1. The Labute approximate surface area is 122 Å². The fourth-order valence-corrected chi connectivity index (χ4v) is 2.38. The number of thiophene rings is 1. The Hall–Kier alpha value is -2.38. The van der Waals surface area contributed by atoms with Gasteiger partial charge < -0.3 is 5.32 Å². The number of hydrogen-bond donors (Lipinski definition) is 1. The molecule has 1 aromatic heterocycles. The van der Waals surface area contributed by atoms with E-state index in [0.29, 0.717) is 6.54 Å². The highest BCUT2D eigenvalue weighted by atomic mass is 32.1. The van der Waals surface area contributed by atoms with Crippen LogP contribution in [0.15, 0.2) is 53.4 Å². The van der Waals surface area contributed by atoms with E-state index in [9.17, 15) is 4.79 Å². The minimum atomic E-state index is -0.322. The fourth-order valence-electron chi connectivity index (χ4n) is 1.72. The van der Waals surface area contributed by atoms with Gasteiger partial charge in [-0.1, -0.05) is 36.4 Å². The van der Waals surface area contributed by atoms with Crippen molar-refractivity contribution in [2.45, 2.75) is 6.42 Å². The predicted molar refractivity (Wildman–Crippen MR) is 81.1 cm³/mol. The van der Waals surface area contributed by atoms with Gasteiger partial charge in [-0.3, -0.25) is 4.79 Å². The molecule has 0 atom stereocenters. The molecule has 2 rings (SSSR count). The molecule has 20 heavy (non-hydrogen) atoms. The monoisotopic (exact) mass is 282 g/mol. The number of benzene rings is 1. The molecule has 1 heterocycles. The van der Waals surface area contributed by atoms with Crippen molar-refractivity contribution < 1.29 is 4.79 Å². The highest BCUT2D eigenvalue weighted by molar-refractivity contribution is 7.10. The summed E-state index contributed by atoms with van der Waals surface area (Å²) in [7, 11) is 0. The van der Waals surface area contributed by atoms with Gasteiger partial charge in [-0.25, -0.2) is 0 Å². The topological polar surface area (TPSA) is 52.9 Å². The second-order valence-electron chi connectivity index (χ2n) is 4.18. The largest absolute Gasteiger partial charge is 0.351 e. The minimum Gasteiger partial charge on any atom is -0.351 e. The first kappa shape index (κ1) is 14.0. The summed E-state index contributed by atoms with van der Waals surface area (Å²) in [5.74, 6) is -0.322. The van der Waals surface area contributed by atoms with E-state index < -0.39 is 0 Å². The molecule has 100 valence electrons. The summed E-state index contributed by atoms with van der Waals surface area (Å²) in [6.45, 7) is 0.520. The summed E-state index contributed by atoms with van der Waals surface area (Å²) in [5, 5.41) is 13.7. The molecule has 0 unspecified atom stereocenters. The molecular formula is C16H14N2OS. The Bertz CT molecular complexity index is 624. The van der Waals surface area contributed by atoms with Gasteiger partial charge >= 0.3 is 0 Å². The number of amides is 1. The number of nitrogens with one attached hydrogen (secondary N) is 1. The van der Waals surface area contributed by atoms with Crippen molar-refractivity contribution in [3.8, 4) is 6.07 Å². The van der Waals surface area contributed by atoms with Crippen LogP contribution in [-0.4, -0.2) is 12.5 Å². The van der Waals surface area contributed by atoms with E-state index in [2.05, 4.69) is 5.32 Å². The zero-order valence-electron chi connectivity index (χ0n) is 10.9.